The van der Waals surface area contributed by atoms with Gasteiger partial charge in [-0.3, -0.25) is 15.5 Å². The largest absolute Gasteiger partial charge is 0.492 e. The summed E-state index contributed by atoms with van der Waals surface area (Å²) >= 11 is 4.93. The molecule has 1 aromatic heterocycles. The molecule has 3 rings (SSSR count). The van der Waals surface area contributed by atoms with Crippen LogP contribution in [-0.4, -0.2) is 29.3 Å². The third kappa shape index (κ3) is 4.97. The van der Waals surface area contributed by atoms with Gasteiger partial charge in [0.1, 0.15) is 28.7 Å². The Balaban J connectivity index is 1.47. The molecule has 144 valence electrons. The number of furan rings is 1. The van der Waals surface area contributed by atoms with Gasteiger partial charge in [-0.25, -0.2) is 0 Å². The Morgan fingerprint density at radius 2 is 1.96 bits per heavy atom. The molecule has 3 N–H and O–H groups in total. The molecule has 0 saturated carbocycles. The zero-order valence-electron chi connectivity index (χ0n) is 15.3. The third-order valence-electron chi connectivity index (χ3n) is 4.05. The summed E-state index contributed by atoms with van der Waals surface area (Å²) in [4.78, 5) is 12.3. The maximum Gasteiger partial charge on any atom is 0.244 e. The van der Waals surface area contributed by atoms with Gasteiger partial charge in [-0.05, 0) is 48.9 Å². The van der Waals surface area contributed by atoms with E-state index in [4.69, 9.17) is 26.6 Å². The number of carbonyl (C=O) groups is 1. The number of hydroxylamine groups is 1. The topological polar surface area (TPSA) is 83.7 Å². The molecule has 0 fully saturated rings. The van der Waals surface area contributed by atoms with E-state index in [0.717, 1.165) is 16.5 Å². The fraction of sp³-hybridized carbons (Fsp3) is 0.143. The van der Waals surface area contributed by atoms with Crippen molar-refractivity contribution in [2.24, 2.45) is 0 Å². The van der Waals surface area contributed by atoms with E-state index in [1.807, 2.05) is 42.7 Å². The summed E-state index contributed by atoms with van der Waals surface area (Å²) in [6.07, 6.45) is 1.51. The van der Waals surface area contributed by atoms with Crippen molar-refractivity contribution in [2.45, 2.75) is 6.92 Å². The van der Waals surface area contributed by atoms with Crippen LogP contribution in [0.25, 0.3) is 16.5 Å². The van der Waals surface area contributed by atoms with Crippen molar-refractivity contribution in [3.63, 3.8) is 0 Å². The molecule has 1 amide bonds. The molecule has 0 aliphatic rings. The Kier molecular flexibility index (Phi) is 6.41. The highest BCUT2D eigenvalue weighted by Crippen LogP contribution is 2.24. The summed E-state index contributed by atoms with van der Waals surface area (Å²) in [6, 6.07) is 16.6. The lowest BCUT2D eigenvalue weighted by Crippen LogP contribution is -2.26. The summed E-state index contributed by atoms with van der Waals surface area (Å²) in [6.45, 7) is 2.52. The van der Waals surface area contributed by atoms with Gasteiger partial charge in [0.05, 0.1) is 6.54 Å². The van der Waals surface area contributed by atoms with Crippen molar-refractivity contribution in [3.05, 3.63) is 72.0 Å². The van der Waals surface area contributed by atoms with E-state index in [1.54, 1.807) is 24.3 Å². The molecule has 6 nitrogen and oxygen atoms in total. The van der Waals surface area contributed by atoms with Crippen LogP contribution >= 0.6 is 12.2 Å². The average molecular weight is 396 g/mol. The lowest BCUT2D eigenvalue weighted by molar-refractivity contribution is -0.116. The van der Waals surface area contributed by atoms with Crippen molar-refractivity contribution in [3.8, 4) is 5.75 Å². The average Bonchev–Trinajstić information content (AvgIpc) is 3.15. The molecule has 0 spiro atoms. The van der Waals surface area contributed by atoms with E-state index < -0.39 is 0 Å². The number of nitrogens with one attached hydrogen (secondary N) is 2. The second-order valence-electron chi connectivity index (χ2n) is 6.08. The first-order valence-corrected chi connectivity index (χ1v) is 9.10. The number of allylic oxidation sites excluding steroid dienone is 1. The minimum absolute atomic E-state index is 0.212. The zero-order valence-corrected chi connectivity index (χ0v) is 16.1. The SMILES string of the molecule is C/C(=C/C(=O)NCCOc1ccc(C(=S)NO)cc1)c1cc2ccccc2o1. The maximum atomic E-state index is 12.1. The van der Waals surface area contributed by atoms with Crippen molar-refractivity contribution >= 4 is 39.7 Å². The van der Waals surface area contributed by atoms with E-state index in [0.29, 0.717) is 30.2 Å². The van der Waals surface area contributed by atoms with Gasteiger partial charge in [-0.15, -0.1) is 0 Å². The van der Waals surface area contributed by atoms with Gasteiger partial charge in [0.2, 0.25) is 5.91 Å². The first-order valence-electron chi connectivity index (χ1n) is 8.69. The maximum absolute atomic E-state index is 12.1. The molecular weight excluding hydrogens is 376 g/mol. The molecule has 0 radical (unpaired) electrons. The van der Waals surface area contributed by atoms with Crippen molar-refractivity contribution in [1.29, 1.82) is 0 Å². The van der Waals surface area contributed by atoms with Crippen LogP contribution in [-0.2, 0) is 4.79 Å². The van der Waals surface area contributed by atoms with Crippen molar-refractivity contribution in [1.82, 2.24) is 10.8 Å². The third-order valence-corrected chi connectivity index (χ3v) is 4.38. The predicted molar refractivity (Wildman–Crippen MR) is 111 cm³/mol. The van der Waals surface area contributed by atoms with E-state index in [2.05, 4.69) is 5.32 Å². The lowest BCUT2D eigenvalue weighted by atomic mass is 10.2. The zero-order chi connectivity index (χ0) is 19.9. The Morgan fingerprint density at radius 3 is 2.68 bits per heavy atom. The van der Waals surface area contributed by atoms with Gasteiger partial charge in [0, 0.05) is 17.0 Å². The summed E-state index contributed by atoms with van der Waals surface area (Å²) < 4.78 is 11.3. The van der Waals surface area contributed by atoms with E-state index in [9.17, 15) is 4.79 Å². The Labute approximate surface area is 167 Å². The second kappa shape index (κ2) is 9.16. The highest BCUT2D eigenvalue weighted by molar-refractivity contribution is 7.80. The molecule has 0 unspecified atom stereocenters. The highest BCUT2D eigenvalue weighted by atomic mass is 32.1. The molecule has 0 atom stereocenters. The van der Waals surface area contributed by atoms with Crippen LogP contribution in [0.15, 0.2) is 65.1 Å². The number of rotatable bonds is 7. The summed E-state index contributed by atoms with van der Waals surface area (Å²) in [5.74, 6) is 1.10. The standard InChI is InChI=1S/C21H20N2O4S/c1-14(19-13-16-4-2-3-5-18(16)27-19)12-20(24)22-10-11-26-17-8-6-15(7-9-17)21(28)23-25/h2-9,12-13,25H,10-11H2,1H3,(H,22,24)(H,23,28)/b14-12-. The Bertz CT molecular complexity index is 976. The number of benzene rings is 2. The molecule has 1 heterocycles. The quantitative estimate of drug-likeness (QED) is 0.245. The molecule has 0 aliphatic carbocycles. The van der Waals surface area contributed by atoms with Gasteiger partial charge < -0.3 is 14.5 Å². The van der Waals surface area contributed by atoms with Crippen LogP contribution in [0.5, 0.6) is 5.75 Å². The predicted octanol–water partition coefficient (Wildman–Crippen LogP) is 3.69. The fourth-order valence-corrected chi connectivity index (χ4v) is 2.74. The number of carbonyl (C=O) groups excluding carboxylic acids is 1. The van der Waals surface area contributed by atoms with E-state index >= 15 is 0 Å². The van der Waals surface area contributed by atoms with Crippen LogP contribution in [0.4, 0.5) is 0 Å². The minimum Gasteiger partial charge on any atom is -0.492 e. The number of hydrogen-bond donors (Lipinski definition) is 3. The first-order chi connectivity index (χ1) is 13.6. The molecule has 7 heteroatoms. The van der Waals surface area contributed by atoms with Crippen LogP contribution in [0.2, 0.25) is 0 Å². The Morgan fingerprint density at radius 1 is 1.21 bits per heavy atom. The monoisotopic (exact) mass is 396 g/mol. The van der Waals surface area contributed by atoms with Gasteiger partial charge in [0.25, 0.3) is 0 Å². The summed E-state index contributed by atoms with van der Waals surface area (Å²) in [5.41, 5.74) is 4.16. The van der Waals surface area contributed by atoms with Crippen molar-refractivity contribution < 1.29 is 19.2 Å². The smallest absolute Gasteiger partial charge is 0.244 e. The first kappa shape index (κ1) is 19.6. The number of para-hydroxylation sites is 1. The molecule has 0 saturated heterocycles. The number of amides is 1. The van der Waals surface area contributed by atoms with Crippen molar-refractivity contribution in [2.75, 3.05) is 13.2 Å². The molecular formula is C21H20N2O4S. The molecule has 2 aromatic carbocycles. The van der Waals surface area contributed by atoms with Crippen LogP contribution in [0.3, 0.4) is 0 Å². The van der Waals surface area contributed by atoms with Gasteiger partial charge in [0.15, 0.2) is 0 Å². The highest BCUT2D eigenvalue weighted by Gasteiger charge is 2.07. The van der Waals surface area contributed by atoms with Gasteiger partial charge in [-0.1, -0.05) is 30.4 Å². The summed E-state index contributed by atoms with van der Waals surface area (Å²) in [5, 5.41) is 12.6. The Hall–Kier alpha value is -3.16. The number of hydrogen-bond acceptors (Lipinski definition) is 5. The van der Waals surface area contributed by atoms with E-state index in [-0.39, 0.29) is 10.9 Å². The van der Waals surface area contributed by atoms with Gasteiger partial charge >= 0.3 is 0 Å². The summed E-state index contributed by atoms with van der Waals surface area (Å²) in [7, 11) is 0. The van der Waals surface area contributed by atoms with Crippen LogP contribution in [0.1, 0.15) is 18.2 Å². The molecule has 0 bridgehead atoms. The molecule has 3 aromatic rings. The lowest BCUT2D eigenvalue weighted by Gasteiger charge is -2.08. The van der Waals surface area contributed by atoms with Gasteiger partial charge in [-0.2, -0.15) is 0 Å². The fourth-order valence-electron chi connectivity index (χ4n) is 2.61. The number of fused-ring (bicyclic) bond motifs is 1. The number of ether oxygens (including phenoxy) is 1. The van der Waals surface area contributed by atoms with Crippen LogP contribution in [0, 0.1) is 0 Å². The normalized spacial score (nSPS) is 11.3. The molecule has 0 aliphatic heterocycles. The number of thiocarbonyl (C=S) groups is 1. The second-order valence-corrected chi connectivity index (χ2v) is 6.49. The van der Waals surface area contributed by atoms with Crippen LogP contribution < -0.4 is 15.5 Å². The molecule has 28 heavy (non-hydrogen) atoms. The van der Waals surface area contributed by atoms with E-state index in [1.165, 1.54) is 6.08 Å². The minimum atomic E-state index is -0.212.